The number of morpholine rings is 2. The Labute approximate surface area is 782 Å². The van der Waals surface area contributed by atoms with Gasteiger partial charge in [0.05, 0.1) is 108 Å². The molecule has 0 bridgehead atoms. The minimum Gasteiger partial charge on any atom is -0.500 e. The maximum Gasteiger partial charge on any atom is 0.417 e. The number of alkyl halides is 6. The van der Waals surface area contributed by atoms with Crippen LogP contribution in [0.25, 0.3) is 33.5 Å². The van der Waals surface area contributed by atoms with Gasteiger partial charge in [-0.05, 0) is 168 Å². The van der Waals surface area contributed by atoms with E-state index in [0.717, 1.165) is 85.2 Å². The number of hydrogen-bond donors (Lipinski definition) is 4. The number of carbonyl (C=O) groups is 3. The number of carbonyl (C=O) groups excluding carboxylic acids is 3. The number of benzene rings is 6. The number of nitrogens with zero attached hydrogens (tertiary/aromatic N) is 7. The zero-order chi connectivity index (χ0) is 100.0. The average molecular weight is 1920 g/mol. The Kier molecular flexibility index (Phi) is 32.2. The summed E-state index contributed by atoms with van der Waals surface area (Å²) in [4.78, 5) is 99.0. The molecule has 2 saturated heterocycles. The molecule has 8 heterocycles. The van der Waals surface area contributed by atoms with Crippen LogP contribution in [0.5, 0.6) is 17.2 Å². The minimum atomic E-state index is -4.80. The number of ether oxygens (including phenoxy) is 8. The van der Waals surface area contributed by atoms with E-state index in [-0.39, 0.29) is 114 Å². The summed E-state index contributed by atoms with van der Waals surface area (Å²) in [6, 6.07) is 11.8. The van der Waals surface area contributed by atoms with Gasteiger partial charge in [-0.1, -0.05) is 57.0 Å². The van der Waals surface area contributed by atoms with Crippen LogP contribution in [0.15, 0.2) is 135 Å². The van der Waals surface area contributed by atoms with Crippen molar-refractivity contribution in [3.63, 3.8) is 0 Å². The molecule has 26 nitrogen and oxygen atoms in total. The van der Waals surface area contributed by atoms with E-state index in [2.05, 4.69) is 46.0 Å². The van der Waals surface area contributed by atoms with Crippen molar-refractivity contribution in [2.75, 3.05) is 95.8 Å². The van der Waals surface area contributed by atoms with Crippen LogP contribution in [0.4, 0.5) is 69.7 Å². The number of anilines is 3. The van der Waals surface area contributed by atoms with Gasteiger partial charge in [0.2, 0.25) is 0 Å². The first-order chi connectivity index (χ1) is 64.8. The van der Waals surface area contributed by atoms with Gasteiger partial charge in [-0.25, -0.2) is 36.1 Å². The fourth-order valence-electron chi connectivity index (χ4n) is 17.3. The van der Waals surface area contributed by atoms with Crippen LogP contribution >= 0.6 is 0 Å². The summed E-state index contributed by atoms with van der Waals surface area (Å²) < 4.78 is 224. The highest BCUT2D eigenvalue weighted by Crippen LogP contribution is 2.46. The first-order valence-electron chi connectivity index (χ1n) is 44.4. The van der Waals surface area contributed by atoms with Crippen molar-refractivity contribution in [2.24, 2.45) is 28.2 Å². The van der Waals surface area contributed by atoms with Gasteiger partial charge < -0.3 is 82.7 Å². The monoisotopic (exact) mass is 1920 g/mol. The van der Waals surface area contributed by atoms with E-state index >= 15 is 17.6 Å². The third-order valence-electron chi connectivity index (χ3n) is 25.5. The number of aromatic nitrogens is 5. The van der Waals surface area contributed by atoms with Crippen LogP contribution in [0.3, 0.4) is 0 Å². The van der Waals surface area contributed by atoms with Crippen molar-refractivity contribution in [1.29, 1.82) is 0 Å². The second kappa shape index (κ2) is 43.0. The molecule has 0 spiro atoms. The Balaban J connectivity index is 0.000000185. The summed E-state index contributed by atoms with van der Waals surface area (Å²) in [7, 11) is 10.2. The van der Waals surface area contributed by atoms with Gasteiger partial charge in [0.25, 0.3) is 34.4 Å². The van der Waals surface area contributed by atoms with Gasteiger partial charge in [-0.2, -0.15) is 26.3 Å². The third kappa shape index (κ3) is 22.1. The molecule has 6 aromatic carbocycles. The molecular formula is C99H109F12N11O15. The molecule has 3 aromatic heterocycles. The first-order valence-corrected chi connectivity index (χ1v) is 44.4. The van der Waals surface area contributed by atoms with Gasteiger partial charge in [0, 0.05) is 123 Å². The van der Waals surface area contributed by atoms with Gasteiger partial charge in [-0.3, -0.25) is 33.3 Å². The molecule has 5 aliphatic heterocycles. The topological polar surface area (TPSA) is 281 Å². The predicted molar refractivity (Wildman–Crippen MR) is 491 cm³/mol. The number of pyridine rings is 1. The summed E-state index contributed by atoms with van der Waals surface area (Å²) in [6.45, 7) is 25.4. The Morgan fingerprint density at radius 2 is 0.898 bits per heavy atom. The number of rotatable bonds is 26. The molecule has 6 atom stereocenters. The summed E-state index contributed by atoms with van der Waals surface area (Å²) in [5.74, 6) is -8.34. The summed E-state index contributed by atoms with van der Waals surface area (Å²) in [5.41, 5.74) is 2.16. The van der Waals surface area contributed by atoms with Crippen LogP contribution in [0.2, 0.25) is 0 Å². The van der Waals surface area contributed by atoms with Crippen LogP contribution in [-0.4, -0.2) is 164 Å². The van der Waals surface area contributed by atoms with Crippen LogP contribution in [0, 0.1) is 62.6 Å². The summed E-state index contributed by atoms with van der Waals surface area (Å²) >= 11 is 0. The summed E-state index contributed by atoms with van der Waals surface area (Å²) in [6.07, 6.45) is -4.87. The maximum absolute atomic E-state index is 15.3. The summed E-state index contributed by atoms with van der Waals surface area (Å²) in [5, 5.41) is 10.9. The molecule has 0 radical (unpaired) electrons. The van der Waals surface area contributed by atoms with Crippen molar-refractivity contribution < 1.29 is 105 Å². The molecule has 14 rings (SSSR count). The maximum atomic E-state index is 15.3. The number of fused-ring (bicyclic) bond motifs is 3. The van der Waals surface area contributed by atoms with Crippen molar-refractivity contribution >= 4 is 34.8 Å². The molecule has 0 aliphatic carbocycles. The predicted octanol–water partition coefficient (Wildman–Crippen LogP) is 15.0. The van der Waals surface area contributed by atoms with Crippen LogP contribution in [-0.2, 0) is 96.6 Å². The zero-order valence-electron chi connectivity index (χ0n) is 78.3. The lowest BCUT2D eigenvalue weighted by Gasteiger charge is -2.38. The van der Waals surface area contributed by atoms with E-state index in [1.54, 1.807) is 57.1 Å². The molecule has 4 N–H and O–H groups in total. The van der Waals surface area contributed by atoms with Crippen molar-refractivity contribution in [3.8, 4) is 50.8 Å². The number of amides is 3. The van der Waals surface area contributed by atoms with Gasteiger partial charge >= 0.3 is 18.0 Å². The van der Waals surface area contributed by atoms with Gasteiger partial charge in [-0.15, -0.1) is 0 Å². The molecule has 734 valence electrons. The Morgan fingerprint density at radius 3 is 1.31 bits per heavy atom. The van der Waals surface area contributed by atoms with E-state index < -0.39 is 140 Å². The molecule has 137 heavy (non-hydrogen) atoms. The highest BCUT2D eigenvalue weighted by atomic mass is 19.4. The quantitative estimate of drug-likeness (QED) is 0.0289. The van der Waals surface area contributed by atoms with E-state index in [9.17, 15) is 68.7 Å². The minimum absolute atomic E-state index is 0.00125. The third-order valence-corrected chi connectivity index (χ3v) is 25.5. The lowest BCUT2D eigenvalue weighted by Crippen LogP contribution is -2.53. The number of halogens is 12. The number of nitrogens with one attached hydrogen (secondary N) is 4. The zero-order valence-corrected chi connectivity index (χ0v) is 78.3. The van der Waals surface area contributed by atoms with Crippen molar-refractivity contribution in [2.45, 2.75) is 161 Å². The first kappa shape index (κ1) is 103. The molecule has 2 fully saturated rings. The molecule has 0 unspecified atom stereocenters. The molecular weight excluding hydrogens is 1810 g/mol. The molecule has 5 aliphatic rings. The normalized spacial score (nSPS) is 16.0. The lowest BCUT2D eigenvalue weighted by molar-refractivity contribution is -0.167. The molecule has 0 saturated carbocycles. The molecule has 3 amide bonds. The van der Waals surface area contributed by atoms with Crippen molar-refractivity contribution in [1.82, 2.24) is 39.2 Å². The largest absolute Gasteiger partial charge is 0.500 e. The second-order valence-electron chi connectivity index (χ2n) is 34.2. The lowest BCUT2D eigenvalue weighted by atomic mass is 9.89. The fraction of sp³-hybridized carbons (Fsp3) is 0.414. The second-order valence-corrected chi connectivity index (χ2v) is 34.2. The number of aryl methyl sites for hydroxylation is 2. The Morgan fingerprint density at radius 1 is 0.504 bits per heavy atom. The SMILES string of the molecule is C=C(OC)[C@H](Cc1ccc(-c2c(C(F)(F)F)cc(C)n(C)c2=O)c2c1CCCO2)NC(=O)c1c(F)cc(N2CCOC[C@@H]2C)cc1F.C=C(OC)[C@H](Cc1ccc(-c2c(C)n(C)c(=O)n(C)c2=O)c2c1CCCO2)NC(=O)c1c(F)cc(N[C@@H](C)CC)cc1F.C=C(OC)[C@H](Cc1ccc(-c2nc(C)c(C)n(C)c2=O)c2c1CCCO2)NC(=O)c1c(F)cc(N2CCOC[C@@H]2C(F)(F)F)cc1F. The van der Waals surface area contributed by atoms with Gasteiger partial charge in [0.15, 0.2) is 0 Å². The molecule has 9 aromatic rings. The number of methoxy groups -OCH3 is 3. The average Bonchev–Trinajstić information content (AvgIpc) is 0.747. The van der Waals surface area contributed by atoms with Crippen molar-refractivity contribution in [3.05, 3.63) is 271 Å². The smallest absolute Gasteiger partial charge is 0.417 e. The standard InChI is InChI=1S/C34H36F5N3O5.C33H35F5N4O5.C32H38F2N4O5/c1-18-13-25(34(37,38)39)29(33(44)41(18)4)24-9-8-21(23-7-6-11-47-31(23)24)14-28(20(3)45-5)40-32(43)30-26(35)15-22(16-27(30)36)42-10-12-46-17-19(42)2;1-17-18(2)41(4)32(44)29(39-17)23-9-8-20(22-7-6-11-47-30(22)23)13-26(19(3)45-5)40-31(43)28-24(34)14-21(15-25(28)35)42-10-12-46-16-27(42)33(36,37)38;1-8-17(2)35-21-15-24(33)28(25(34)16-21)30(39)36-26(19(4)42-7)14-20-11-12-23(29-22(20)10-9-13-43-29)27-18(3)37(5)32(41)38(6)31(27)40/h8-9,13,15-16,19,28H,3,6-7,10-12,14,17H2,1-2,4-5H3,(H,40,43);8-9,14-15,26-27H,3,6-7,10-13,16H2,1-2,4-5H3,(H,40,43);11-12,15-17,26,35H,4,8-10,13-14H2,1-3,5-7H3,(H,36,39)/t19-,28-;26-,27+;17-,26-/m000/s1. The highest BCUT2D eigenvalue weighted by molar-refractivity contribution is 5.97. The Hall–Kier alpha value is -13.3. The van der Waals surface area contributed by atoms with Crippen LogP contribution in [0.1, 0.15) is 139 Å². The van der Waals surface area contributed by atoms with E-state index in [4.69, 9.17) is 37.9 Å². The van der Waals surface area contributed by atoms with E-state index in [1.165, 1.54) is 57.5 Å². The molecule has 38 heteroatoms. The Bertz CT molecular complexity index is 6380. The highest BCUT2D eigenvalue weighted by Gasteiger charge is 2.47. The fourth-order valence-corrected chi connectivity index (χ4v) is 17.3. The number of hydrogen-bond acceptors (Lipinski definition) is 19. The van der Waals surface area contributed by atoms with E-state index in [1.807, 2.05) is 33.8 Å². The van der Waals surface area contributed by atoms with E-state index in [0.29, 0.717) is 128 Å². The van der Waals surface area contributed by atoms with Gasteiger partial charge in [0.1, 0.15) is 97.9 Å². The van der Waals surface area contributed by atoms with Crippen LogP contribution < -0.4 is 67.6 Å².